The Balaban J connectivity index is 2.52. The molecule has 4 nitrogen and oxygen atoms in total. The molecule has 0 fully saturated rings. The fraction of sp³-hybridized carbons (Fsp3) is 0.100. The normalized spacial score (nSPS) is 10.0. The van der Waals surface area contributed by atoms with Crippen molar-refractivity contribution < 1.29 is 4.39 Å². The van der Waals surface area contributed by atoms with Crippen LogP contribution in [0.25, 0.3) is 11.3 Å². The topological polar surface area (TPSA) is 50.7 Å². The molecule has 0 saturated carbocycles. The quantitative estimate of drug-likeness (QED) is 0.809. The Labute approximate surface area is 86.2 Å². The van der Waals surface area contributed by atoms with Gasteiger partial charge in [0.15, 0.2) is 5.82 Å². The lowest BCUT2D eigenvalue weighted by Crippen LogP contribution is -1.99. The average Bonchev–Trinajstić information content (AvgIpc) is 2.31. The summed E-state index contributed by atoms with van der Waals surface area (Å²) in [5, 5.41) is 2.76. The fourth-order valence-electron chi connectivity index (χ4n) is 1.20. The van der Waals surface area contributed by atoms with Crippen LogP contribution in [0.15, 0.2) is 30.7 Å². The minimum absolute atomic E-state index is 0.275. The lowest BCUT2D eigenvalue weighted by Gasteiger charge is -2.03. The lowest BCUT2D eigenvalue weighted by atomic mass is 10.2. The van der Waals surface area contributed by atoms with Crippen molar-refractivity contribution in [2.24, 2.45) is 0 Å². The summed E-state index contributed by atoms with van der Waals surface area (Å²) in [6.07, 6.45) is 4.33. The van der Waals surface area contributed by atoms with Gasteiger partial charge in [0.05, 0.1) is 6.20 Å². The molecular formula is C10H9FN4. The van der Waals surface area contributed by atoms with Crippen LogP contribution in [-0.4, -0.2) is 22.0 Å². The van der Waals surface area contributed by atoms with Gasteiger partial charge in [0.1, 0.15) is 5.69 Å². The molecule has 0 aliphatic carbocycles. The SMILES string of the molecule is CNc1ncc(F)c(-c2ccncc2)n1. The Morgan fingerprint density at radius 1 is 1.27 bits per heavy atom. The molecule has 2 aromatic heterocycles. The highest BCUT2D eigenvalue weighted by Gasteiger charge is 2.07. The van der Waals surface area contributed by atoms with E-state index in [1.165, 1.54) is 0 Å². The minimum Gasteiger partial charge on any atom is -0.357 e. The van der Waals surface area contributed by atoms with Crippen LogP contribution < -0.4 is 5.32 Å². The third-order valence-electron chi connectivity index (χ3n) is 1.92. The molecule has 0 spiro atoms. The second-order valence-electron chi connectivity index (χ2n) is 2.88. The van der Waals surface area contributed by atoms with Gasteiger partial charge in [-0.2, -0.15) is 0 Å². The molecule has 0 radical (unpaired) electrons. The first-order valence-electron chi connectivity index (χ1n) is 4.42. The summed E-state index contributed by atoms with van der Waals surface area (Å²) < 4.78 is 13.4. The van der Waals surface area contributed by atoms with Crippen LogP contribution in [0, 0.1) is 5.82 Å². The molecule has 0 bridgehead atoms. The van der Waals surface area contributed by atoms with Crippen molar-refractivity contribution in [3.05, 3.63) is 36.5 Å². The van der Waals surface area contributed by atoms with Crippen LogP contribution in [0.4, 0.5) is 10.3 Å². The largest absolute Gasteiger partial charge is 0.357 e. The van der Waals surface area contributed by atoms with Crippen LogP contribution in [0.1, 0.15) is 0 Å². The van der Waals surface area contributed by atoms with Crippen molar-refractivity contribution in [3.8, 4) is 11.3 Å². The Hall–Kier alpha value is -2.04. The molecule has 0 saturated heterocycles. The maximum absolute atomic E-state index is 13.4. The Morgan fingerprint density at radius 2 is 2.00 bits per heavy atom. The van der Waals surface area contributed by atoms with Gasteiger partial charge in [0, 0.05) is 25.0 Å². The van der Waals surface area contributed by atoms with E-state index in [2.05, 4.69) is 20.3 Å². The zero-order valence-corrected chi connectivity index (χ0v) is 8.11. The summed E-state index contributed by atoms with van der Waals surface area (Å²) in [4.78, 5) is 11.7. The van der Waals surface area contributed by atoms with Crippen molar-refractivity contribution in [1.29, 1.82) is 0 Å². The van der Waals surface area contributed by atoms with E-state index in [4.69, 9.17) is 0 Å². The maximum atomic E-state index is 13.4. The van der Waals surface area contributed by atoms with E-state index in [-0.39, 0.29) is 5.69 Å². The molecule has 0 aliphatic rings. The summed E-state index contributed by atoms with van der Waals surface area (Å²) in [5.41, 5.74) is 0.957. The van der Waals surface area contributed by atoms with E-state index in [0.717, 1.165) is 6.20 Å². The smallest absolute Gasteiger partial charge is 0.223 e. The Kier molecular flexibility index (Phi) is 2.53. The maximum Gasteiger partial charge on any atom is 0.223 e. The number of pyridine rings is 1. The van der Waals surface area contributed by atoms with Crippen molar-refractivity contribution in [3.63, 3.8) is 0 Å². The van der Waals surface area contributed by atoms with E-state index in [0.29, 0.717) is 11.5 Å². The monoisotopic (exact) mass is 204 g/mol. The summed E-state index contributed by atoms with van der Waals surface area (Å²) in [5.74, 6) is -0.0524. The molecule has 0 aromatic carbocycles. The highest BCUT2D eigenvalue weighted by Crippen LogP contribution is 2.19. The summed E-state index contributed by atoms with van der Waals surface area (Å²) in [6, 6.07) is 3.40. The Morgan fingerprint density at radius 3 is 2.67 bits per heavy atom. The van der Waals surface area contributed by atoms with Gasteiger partial charge in [-0.1, -0.05) is 0 Å². The van der Waals surface area contributed by atoms with Gasteiger partial charge >= 0.3 is 0 Å². The van der Waals surface area contributed by atoms with Gasteiger partial charge in [0.25, 0.3) is 0 Å². The summed E-state index contributed by atoms with van der Waals surface area (Å²) in [6.45, 7) is 0. The molecular weight excluding hydrogens is 195 g/mol. The van der Waals surface area contributed by atoms with Crippen molar-refractivity contribution >= 4 is 5.95 Å². The zero-order chi connectivity index (χ0) is 10.7. The number of hydrogen-bond acceptors (Lipinski definition) is 4. The molecule has 1 N–H and O–H groups in total. The minimum atomic E-state index is -0.444. The van der Waals surface area contributed by atoms with E-state index in [9.17, 15) is 4.39 Å². The molecule has 0 aliphatic heterocycles. The number of rotatable bonds is 2. The number of aromatic nitrogens is 3. The molecule has 0 amide bonds. The molecule has 2 heterocycles. The Bertz CT molecular complexity index is 458. The number of nitrogens with zero attached hydrogens (tertiary/aromatic N) is 3. The highest BCUT2D eigenvalue weighted by molar-refractivity contribution is 5.59. The molecule has 76 valence electrons. The first kappa shape index (κ1) is 9.51. The van der Waals surface area contributed by atoms with E-state index in [1.54, 1.807) is 31.6 Å². The molecule has 0 unspecified atom stereocenters. The fourth-order valence-corrected chi connectivity index (χ4v) is 1.20. The van der Waals surface area contributed by atoms with Crippen LogP contribution >= 0.6 is 0 Å². The molecule has 2 aromatic rings. The molecule has 0 atom stereocenters. The van der Waals surface area contributed by atoms with Crippen molar-refractivity contribution in [2.45, 2.75) is 0 Å². The number of hydrogen-bond donors (Lipinski definition) is 1. The predicted octanol–water partition coefficient (Wildman–Crippen LogP) is 1.72. The molecule has 15 heavy (non-hydrogen) atoms. The first-order chi connectivity index (χ1) is 7.31. The van der Waals surface area contributed by atoms with Gasteiger partial charge in [0.2, 0.25) is 5.95 Å². The number of nitrogens with one attached hydrogen (secondary N) is 1. The molecule has 5 heteroatoms. The standard InChI is InChI=1S/C10H9FN4/c1-12-10-14-6-8(11)9(15-10)7-2-4-13-5-3-7/h2-6H,1H3,(H,12,14,15). The van der Waals surface area contributed by atoms with E-state index in [1.807, 2.05) is 0 Å². The van der Waals surface area contributed by atoms with Crippen LogP contribution in [-0.2, 0) is 0 Å². The van der Waals surface area contributed by atoms with Gasteiger partial charge < -0.3 is 5.32 Å². The third-order valence-corrected chi connectivity index (χ3v) is 1.92. The van der Waals surface area contributed by atoms with E-state index >= 15 is 0 Å². The van der Waals surface area contributed by atoms with Crippen molar-refractivity contribution in [2.75, 3.05) is 12.4 Å². The predicted molar refractivity (Wildman–Crippen MR) is 54.8 cm³/mol. The van der Waals surface area contributed by atoms with Crippen LogP contribution in [0.5, 0.6) is 0 Å². The number of halogens is 1. The molecule has 2 rings (SSSR count). The second kappa shape index (κ2) is 4.00. The zero-order valence-electron chi connectivity index (χ0n) is 8.11. The number of anilines is 1. The first-order valence-corrected chi connectivity index (χ1v) is 4.42. The summed E-state index contributed by atoms with van der Waals surface area (Å²) in [7, 11) is 1.68. The van der Waals surface area contributed by atoms with Gasteiger partial charge in [-0.15, -0.1) is 0 Å². The second-order valence-corrected chi connectivity index (χ2v) is 2.88. The third kappa shape index (κ3) is 1.90. The average molecular weight is 204 g/mol. The van der Waals surface area contributed by atoms with Crippen LogP contribution in [0.2, 0.25) is 0 Å². The van der Waals surface area contributed by atoms with Gasteiger partial charge in [-0.25, -0.2) is 14.4 Å². The van der Waals surface area contributed by atoms with Gasteiger partial charge in [-0.3, -0.25) is 4.98 Å². The summed E-state index contributed by atoms with van der Waals surface area (Å²) >= 11 is 0. The highest BCUT2D eigenvalue weighted by atomic mass is 19.1. The van der Waals surface area contributed by atoms with Crippen LogP contribution in [0.3, 0.4) is 0 Å². The lowest BCUT2D eigenvalue weighted by molar-refractivity contribution is 0.619. The van der Waals surface area contributed by atoms with E-state index < -0.39 is 5.82 Å². The van der Waals surface area contributed by atoms with Gasteiger partial charge in [-0.05, 0) is 12.1 Å². The van der Waals surface area contributed by atoms with Crippen molar-refractivity contribution in [1.82, 2.24) is 15.0 Å².